The Bertz CT molecular complexity index is 1100. The molecule has 1 aromatic heterocycles. The molecule has 0 saturated carbocycles. The van der Waals surface area contributed by atoms with Crippen LogP contribution in [0.4, 0.5) is 5.69 Å². The summed E-state index contributed by atoms with van der Waals surface area (Å²) in [5, 5.41) is 12.6. The number of ether oxygens (including phenoxy) is 1. The fourth-order valence-corrected chi connectivity index (χ4v) is 4.31. The van der Waals surface area contributed by atoms with Gasteiger partial charge in [-0.3, -0.25) is 4.90 Å². The molecule has 4 aromatic rings. The summed E-state index contributed by atoms with van der Waals surface area (Å²) in [6.07, 6.45) is -0.547. The first-order valence-electron chi connectivity index (χ1n) is 10.9. The monoisotopic (exact) mass is 413 g/mol. The molecular formula is C26H27N3O2. The minimum Gasteiger partial charge on any atom is -0.489 e. The van der Waals surface area contributed by atoms with Crippen molar-refractivity contribution in [3.05, 3.63) is 78.9 Å². The molecule has 1 atom stereocenters. The summed E-state index contributed by atoms with van der Waals surface area (Å²) >= 11 is 0. The minimum atomic E-state index is -0.547. The lowest BCUT2D eigenvalue weighted by atomic mass is 10.1. The van der Waals surface area contributed by atoms with Gasteiger partial charge < -0.3 is 14.7 Å². The maximum absolute atomic E-state index is 10.7. The Morgan fingerprint density at radius 2 is 1.35 bits per heavy atom. The van der Waals surface area contributed by atoms with E-state index in [-0.39, 0.29) is 6.61 Å². The standard InChI is InChI=1S/C26H27N3O2/c30-21(18-28-14-16-29(17-15-28)20-8-2-1-3-9-20)19-31-26-22-10-4-6-12-24(22)27-25-13-7-5-11-23(25)26/h1-13,21,30H,14-19H2/t21-/m1/s1. The first-order valence-corrected chi connectivity index (χ1v) is 10.9. The predicted octanol–water partition coefficient (Wildman–Crippen LogP) is 3.95. The molecule has 1 N–H and O–H groups in total. The number of hydrogen-bond donors (Lipinski definition) is 1. The van der Waals surface area contributed by atoms with Gasteiger partial charge in [0.2, 0.25) is 0 Å². The van der Waals surface area contributed by atoms with Crippen LogP contribution in [0.3, 0.4) is 0 Å². The SMILES string of the molecule is O[C@@H](COc1c2ccccc2nc2ccccc12)CN1CCN(c2ccccc2)CC1. The van der Waals surface area contributed by atoms with E-state index < -0.39 is 6.10 Å². The zero-order chi connectivity index (χ0) is 21.0. The first kappa shape index (κ1) is 19.8. The van der Waals surface area contributed by atoms with Crippen LogP contribution in [0.2, 0.25) is 0 Å². The summed E-state index contributed by atoms with van der Waals surface area (Å²) < 4.78 is 6.20. The van der Waals surface area contributed by atoms with Crippen LogP contribution in [0, 0.1) is 0 Å². The fourth-order valence-electron chi connectivity index (χ4n) is 4.31. The Morgan fingerprint density at radius 3 is 2.00 bits per heavy atom. The highest BCUT2D eigenvalue weighted by Crippen LogP contribution is 2.32. The van der Waals surface area contributed by atoms with Gasteiger partial charge in [-0.1, -0.05) is 42.5 Å². The van der Waals surface area contributed by atoms with E-state index in [1.165, 1.54) is 5.69 Å². The van der Waals surface area contributed by atoms with Crippen LogP contribution in [-0.4, -0.2) is 60.4 Å². The highest BCUT2D eigenvalue weighted by atomic mass is 16.5. The second-order valence-electron chi connectivity index (χ2n) is 8.06. The molecule has 1 aliphatic rings. The third kappa shape index (κ3) is 4.33. The Hall–Kier alpha value is -3.15. The molecule has 158 valence electrons. The topological polar surface area (TPSA) is 48.8 Å². The third-order valence-electron chi connectivity index (χ3n) is 5.92. The summed E-state index contributed by atoms with van der Waals surface area (Å²) in [6, 6.07) is 26.5. The number of anilines is 1. The molecule has 0 aliphatic carbocycles. The number of nitrogens with zero attached hydrogens (tertiary/aromatic N) is 3. The van der Waals surface area contributed by atoms with E-state index in [1.54, 1.807) is 0 Å². The Labute approximate surface area is 182 Å². The van der Waals surface area contributed by atoms with E-state index >= 15 is 0 Å². The molecule has 3 aromatic carbocycles. The van der Waals surface area contributed by atoms with Crippen LogP contribution in [0.1, 0.15) is 0 Å². The van der Waals surface area contributed by atoms with Crippen LogP contribution >= 0.6 is 0 Å². The molecule has 31 heavy (non-hydrogen) atoms. The molecule has 0 unspecified atom stereocenters. The third-order valence-corrected chi connectivity index (χ3v) is 5.92. The molecule has 1 saturated heterocycles. The van der Waals surface area contributed by atoms with E-state index in [0.717, 1.165) is 53.7 Å². The zero-order valence-corrected chi connectivity index (χ0v) is 17.5. The first-order chi connectivity index (χ1) is 15.3. The number of piperazine rings is 1. The Balaban J connectivity index is 1.23. The molecule has 2 heterocycles. The number of pyridine rings is 1. The molecule has 1 fully saturated rings. The van der Waals surface area contributed by atoms with Crippen molar-refractivity contribution >= 4 is 27.5 Å². The second-order valence-corrected chi connectivity index (χ2v) is 8.06. The van der Waals surface area contributed by atoms with E-state index in [4.69, 9.17) is 9.72 Å². The van der Waals surface area contributed by atoms with Crippen molar-refractivity contribution in [3.8, 4) is 5.75 Å². The van der Waals surface area contributed by atoms with Crippen LogP contribution in [0.15, 0.2) is 78.9 Å². The lowest BCUT2D eigenvalue weighted by molar-refractivity contribution is 0.0673. The van der Waals surface area contributed by atoms with Gasteiger partial charge in [0.1, 0.15) is 18.5 Å². The number of β-amino-alcohol motifs (C(OH)–C–C–N with tert-alkyl or cyclic N) is 1. The Kier molecular flexibility index (Phi) is 5.69. The normalized spacial score (nSPS) is 16.0. The number of hydrogen-bond acceptors (Lipinski definition) is 5. The van der Waals surface area contributed by atoms with Gasteiger partial charge in [0, 0.05) is 49.2 Å². The van der Waals surface area contributed by atoms with E-state index in [0.29, 0.717) is 6.54 Å². The molecule has 0 spiro atoms. The predicted molar refractivity (Wildman–Crippen MR) is 126 cm³/mol. The lowest BCUT2D eigenvalue weighted by Gasteiger charge is -2.36. The number of para-hydroxylation sites is 3. The maximum Gasteiger partial charge on any atom is 0.138 e. The van der Waals surface area contributed by atoms with Crippen LogP contribution in [0.5, 0.6) is 5.75 Å². The summed E-state index contributed by atoms with van der Waals surface area (Å²) in [6.45, 7) is 4.69. The number of aliphatic hydroxyl groups is 1. The molecule has 0 amide bonds. The van der Waals surface area contributed by atoms with Crippen molar-refractivity contribution in [2.45, 2.75) is 6.10 Å². The van der Waals surface area contributed by atoms with E-state index in [9.17, 15) is 5.11 Å². The van der Waals surface area contributed by atoms with Gasteiger partial charge in [-0.25, -0.2) is 4.98 Å². The van der Waals surface area contributed by atoms with E-state index in [2.05, 4.69) is 34.1 Å². The highest BCUT2D eigenvalue weighted by molar-refractivity contribution is 6.00. The van der Waals surface area contributed by atoms with Gasteiger partial charge in [0.15, 0.2) is 0 Å². The maximum atomic E-state index is 10.7. The molecular weight excluding hydrogens is 386 g/mol. The van der Waals surface area contributed by atoms with Crippen molar-refractivity contribution in [2.75, 3.05) is 44.2 Å². The zero-order valence-electron chi connectivity index (χ0n) is 17.5. The number of aromatic nitrogens is 1. The Morgan fingerprint density at radius 1 is 0.774 bits per heavy atom. The van der Waals surface area contributed by atoms with Gasteiger partial charge in [0.25, 0.3) is 0 Å². The molecule has 0 radical (unpaired) electrons. The van der Waals surface area contributed by atoms with Gasteiger partial charge in [-0.2, -0.15) is 0 Å². The number of aliphatic hydroxyl groups excluding tert-OH is 1. The second kappa shape index (κ2) is 8.92. The van der Waals surface area contributed by atoms with Gasteiger partial charge in [-0.05, 0) is 36.4 Å². The fraction of sp³-hybridized carbons (Fsp3) is 0.269. The highest BCUT2D eigenvalue weighted by Gasteiger charge is 2.20. The molecule has 0 bridgehead atoms. The van der Waals surface area contributed by atoms with Crippen LogP contribution in [0.25, 0.3) is 21.8 Å². The molecule has 5 heteroatoms. The van der Waals surface area contributed by atoms with Crippen molar-refractivity contribution < 1.29 is 9.84 Å². The quantitative estimate of drug-likeness (QED) is 0.485. The largest absolute Gasteiger partial charge is 0.489 e. The summed E-state index contributed by atoms with van der Waals surface area (Å²) in [7, 11) is 0. The average molecular weight is 414 g/mol. The minimum absolute atomic E-state index is 0.261. The molecule has 5 rings (SSSR count). The van der Waals surface area contributed by atoms with Crippen LogP contribution in [-0.2, 0) is 0 Å². The van der Waals surface area contributed by atoms with Gasteiger partial charge in [-0.15, -0.1) is 0 Å². The lowest BCUT2D eigenvalue weighted by Crippen LogP contribution is -2.49. The van der Waals surface area contributed by atoms with Gasteiger partial charge in [0.05, 0.1) is 11.0 Å². The van der Waals surface area contributed by atoms with Gasteiger partial charge >= 0.3 is 0 Å². The van der Waals surface area contributed by atoms with E-state index in [1.807, 2.05) is 54.6 Å². The smallest absolute Gasteiger partial charge is 0.138 e. The number of fused-ring (bicyclic) bond motifs is 2. The summed E-state index contributed by atoms with van der Waals surface area (Å²) in [4.78, 5) is 9.45. The van der Waals surface area contributed by atoms with Crippen molar-refractivity contribution in [1.82, 2.24) is 9.88 Å². The average Bonchev–Trinajstić information content (AvgIpc) is 2.83. The molecule has 1 aliphatic heterocycles. The van der Waals surface area contributed by atoms with Crippen molar-refractivity contribution in [1.29, 1.82) is 0 Å². The van der Waals surface area contributed by atoms with Crippen LogP contribution < -0.4 is 9.64 Å². The molecule has 5 nitrogen and oxygen atoms in total. The summed E-state index contributed by atoms with van der Waals surface area (Å²) in [5.74, 6) is 0.800. The van der Waals surface area contributed by atoms with Crippen molar-refractivity contribution in [2.24, 2.45) is 0 Å². The van der Waals surface area contributed by atoms with Crippen molar-refractivity contribution in [3.63, 3.8) is 0 Å². The number of benzene rings is 3. The summed E-state index contributed by atoms with van der Waals surface area (Å²) in [5.41, 5.74) is 3.08. The number of rotatable bonds is 6.